The Kier molecular flexibility index (Phi) is 6.54. The highest BCUT2D eigenvalue weighted by Crippen LogP contribution is 2.25. The van der Waals surface area contributed by atoms with E-state index in [1.54, 1.807) is 6.07 Å². The highest BCUT2D eigenvalue weighted by atomic mass is 16.6. The fraction of sp³-hybridized carbons (Fsp3) is 0.556. The molecule has 0 unspecified atom stereocenters. The van der Waals surface area contributed by atoms with E-state index in [2.05, 4.69) is 10.6 Å². The molecule has 0 atom stereocenters. The minimum atomic E-state index is -0.519. The number of anilines is 1. The molecule has 1 fully saturated rings. The lowest BCUT2D eigenvalue weighted by atomic mass is 10.0. The molecule has 0 aliphatic carbocycles. The van der Waals surface area contributed by atoms with Gasteiger partial charge in [-0.2, -0.15) is 0 Å². The molecule has 1 aliphatic heterocycles. The van der Waals surface area contributed by atoms with Crippen molar-refractivity contribution in [1.82, 2.24) is 10.2 Å². The molecule has 26 heavy (non-hydrogen) atoms. The van der Waals surface area contributed by atoms with E-state index in [1.807, 2.05) is 18.7 Å². The van der Waals surface area contributed by atoms with Gasteiger partial charge in [0.2, 0.25) is 5.91 Å². The van der Waals surface area contributed by atoms with Gasteiger partial charge in [0.25, 0.3) is 11.6 Å². The van der Waals surface area contributed by atoms with E-state index < -0.39 is 4.92 Å². The Morgan fingerprint density at radius 1 is 1.31 bits per heavy atom. The lowest BCUT2D eigenvalue weighted by Crippen LogP contribution is -2.42. The number of nitrogens with zero attached hydrogens (tertiary/aromatic N) is 2. The lowest BCUT2D eigenvalue weighted by molar-refractivity contribution is -0.384. The average Bonchev–Trinajstić information content (AvgIpc) is 2.61. The van der Waals surface area contributed by atoms with Gasteiger partial charge in [-0.3, -0.25) is 19.7 Å². The zero-order chi connectivity index (χ0) is 19.3. The molecule has 1 aromatic carbocycles. The summed E-state index contributed by atoms with van der Waals surface area (Å²) in [5, 5.41) is 16.8. The van der Waals surface area contributed by atoms with Crippen molar-refractivity contribution in [2.24, 2.45) is 5.92 Å². The summed E-state index contributed by atoms with van der Waals surface area (Å²) in [5.74, 6) is 0.147. The Balaban J connectivity index is 2.04. The molecule has 2 N–H and O–H groups in total. The SMILES string of the molecule is CNC(=O)c1cc([N+](=O)[O-])ccc1NC1CCN(C(=O)CC(C)C)CC1. The van der Waals surface area contributed by atoms with Crippen molar-refractivity contribution in [3.8, 4) is 0 Å². The van der Waals surface area contributed by atoms with Crippen LogP contribution in [0.1, 0.15) is 43.5 Å². The lowest BCUT2D eigenvalue weighted by Gasteiger charge is -2.33. The Morgan fingerprint density at radius 2 is 1.96 bits per heavy atom. The number of carbonyl (C=O) groups excluding carboxylic acids is 2. The number of nitrogens with one attached hydrogen (secondary N) is 2. The summed E-state index contributed by atoms with van der Waals surface area (Å²) in [6.45, 7) is 5.40. The second-order valence-corrected chi connectivity index (χ2v) is 6.96. The zero-order valence-electron chi connectivity index (χ0n) is 15.4. The van der Waals surface area contributed by atoms with Crippen LogP contribution >= 0.6 is 0 Å². The van der Waals surface area contributed by atoms with Crippen LogP contribution in [0.4, 0.5) is 11.4 Å². The monoisotopic (exact) mass is 362 g/mol. The predicted octanol–water partition coefficient (Wildman–Crippen LogP) is 2.40. The van der Waals surface area contributed by atoms with Gasteiger partial charge in [-0.25, -0.2) is 0 Å². The van der Waals surface area contributed by atoms with E-state index in [1.165, 1.54) is 19.2 Å². The van der Waals surface area contributed by atoms with Crippen LogP contribution in [-0.2, 0) is 4.79 Å². The summed E-state index contributed by atoms with van der Waals surface area (Å²) >= 11 is 0. The fourth-order valence-electron chi connectivity index (χ4n) is 3.07. The molecular weight excluding hydrogens is 336 g/mol. The van der Waals surface area contributed by atoms with Crippen molar-refractivity contribution in [3.63, 3.8) is 0 Å². The van der Waals surface area contributed by atoms with Gasteiger partial charge in [0.15, 0.2) is 0 Å². The normalized spacial score (nSPS) is 15.0. The van der Waals surface area contributed by atoms with Gasteiger partial charge in [-0.05, 0) is 24.8 Å². The highest BCUT2D eigenvalue weighted by Gasteiger charge is 2.24. The third-order valence-electron chi connectivity index (χ3n) is 4.48. The molecule has 2 rings (SSSR count). The Hall–Kier alpha value is -2.64. The van der Waals surface area contributed by atoms with Crippen LogP contribution < -0.4 is 10.6 Å². The molecule has 8 heteroatoms. The van der Waals surface area contributed by atoms with Crippen molar-refractivity contribution in [2.45, 2.75) is 39.2 Å². The molecule has 0 radical (unpaired) electrons. The van der Waals surface area contributed by atoms with Crippen molar-refractivity contribution in [2.75, 3.05) is 25.5 Å². The first-order valence-corrected chi connectivity index (χ1v) is 8.86. The minimum absolute atomic E-state index is 0.114. The summed E-state index contributed by atoms with van der Waals surface area (Å²) in [5.41, 5.74) is 0.699. The van der Waals surface area contributed by atoms with Gasteiger partial charge < -0.3 is 15.5 Å². The number of hydrogen-bond acceptors (Lipinski definition) is 5. The standard InChI is InChI=1S/C18H26N4O4/c1-12(2)10-17(23)21-8-6-13(7-9-21)20-16-5-4-14(22(25)26)11-15(16)18(24)19-3/h4-5,11-13,20H,6-10H2,1-3H3,(H,19,24). The van der Waals surface area contributed by atoms with Crippen LogP contribution in [0.5, 0.6) is 0 Å². The fourth-order valence-corrected chi connectivity index (χ4v) is 3.07. The summed E-state index contributed by atoms with van der Waals surface area (Å²) in [4.78, 5) is 36.5. The third kappa shape index (κ3) is 4.93. The Labute approximate surface area is 153 Å². The summed E-state index contributed by atoms with van der Waals surface area (Å²) in [7, 11) is 1.49. The van der Waals surface area contributed by atoms with Gasteiger partial charge in [0.1, 0.15) is 0 Å². The number of likely N-dealkylation sites (tertiary alicyclic amines) is 1. The maximum atomic E-state index is 12.1. The molecule has 2 amide bonds. The van der Waals surface area contributed by atoms with E-state index in [9.17, 15) is 19.7 Å². The van der Waals surface area contributed by atoms with Gasteiger partial charge in [0, 0.05) is 50.4 Å². The van der Waals surface area contributed by atoms with Gasteiger partial charge in [-0.15, -0.1) is 0 Å². The highest BCUT2D eigenvalue weighted by molar-refractivity contribution is 6.00. The molecule has 1 saturated heterocycles. The molecule has 0 saturated carbocycles. The summed E-state index contributed by atoms with van der Waals surface area (Å²) in [6.07, 6.45) is 2.10. The maximum Gasteiger partial charge on any atom is 0.270 e. The number of non-ortho nitro benzene ring substituents is 1. The van der Waals surface area contributed by atoms with Crippen LogP contribution in [0.15, 0.2) is 18.2 Å². The minimum Gasteiger partial charge on any atom is -0.382 e. The number of nitro benzene ring substituents is 1. The van der Waals surface area contributed by atoms with E-state index >= 15 is 0 Å². The predicted molar refractivity (Wildman–Crippen MR) is 99.2 cm³/mol. The topological polar surface area (TPSA) is 105 Å². The molecule has 8 nitrogen and oxygen atoms in total. The van der Waals surface area contributed by atoms with Crippen LogP contribution in [0, 0.1) is 16.0 Å². The van der Waals surface area contributed by atoms with E-state index in [-0.39, 0.29) is 29.1 Å². The van der Waals surface area contributed by atoms with Crippen LogP contribution in [-0.4, -0.2) is 47.8 Å². The first-order valence-electron chi connectivity index (χ1n) is 8.86. The van der Waals surface area contributed by atoms with Gasteiger partial charge in [0.05, 0.1) is 10.5 Å². The quantitative estimate of drug-likeness (QED) is 0.597. The van der Waals surface area contributed by atoms with E-state index in [0.29, 0.717) is 31.1 Å². The van der Waals surface area contributed by atoms with Gasteiger partial charge in [-0.1, -0.05) is 13.8 Å². The molecule has 1 aromatic rings. The van der Waals surface area contributed by atoms with Crippen LogP contribution in [0.3, 0.4) is 0 Å². The molecule has 1 aliphatic rings. The average molecular weight is 362 g/mol. The van der Waals surface area contributed by atoms with E-state index in [0.717, 1.165) is 12.8 Å². The zero-order valence-corrected chi connectivity index (χ0v) is 15.4. The van der Waals surface area contributed by atoms with E-state index in [4.69, 9.17) is 0 Å². The summed E-state index contributed by atoms with van der Waals surface area (Å²) < 4.78 is 0. The maximum absolute atomic E-state index is 12.1. The second kappa shape index (κ2) is 8.64. The van der Waals surface area contributed by atoms with Crippen molar-refractivity contribution in [3.05, 3.63) is 33.9 Å². The molecular formula is C18H26N4O4. The first-order chi connectivity index (χ1) is 12.3. The Morgan fingerprint density at radius 3 is 2.50 bits per heavy atom. The van der Waals surface area contributed by atoms with Crippen LogP contribution in [0.25, 0.3) is 0 Å². The van der Waals surface area contributed by atoms with Crippen molar-refractivity contribution in [1.29, 1.82) is 0 Å². The van der Waals surface area contributed by atoms with Gasteiger partial charge >= 0.3 is 0 Å². The van der Waals surface area contributed by atoms with Crippen molar-refractivity contribution < 1.29 is 14.5 Å². The molecule has 142 valence electrons. The number of carbonyl (C=O) groups is 2. The number of nitro groups is 1. The number of piperidine rings is 1. The Bertz CT molecular complexity index is 682. The number of hydrogen-bond donors (Lipinski definition) is 2. The number of amides is 2. The molecule has 0 spiro atoms. The largest absolute Gasteiger partial charge is 0.382 e. The molecule has 0 bridgehead atoms. The summed E-state index contributed by atoms with van der Waals surface area (Å²) in [6, 6.07) is 4.35. The number of rotatable bonds is 6. The first kappa shape index (κ1) is 19.7. The second-order valence-electron chi connectivity index (χ2n) is 6.96. The third-order valence-corrected chi connectivity index (χ3v) is 4.48. The van der Waals surface area contributed by atoms with Crippen LogP contribution in [0.2, 0.25) is 0 Å². The smallest absolute Gasteiger partial charge is 0.270 e. The van der Waals surface area contributed by atoms with Crippen molar-refractivity contribution >= 4 is 23.2 Å². The molecule has 0 aromatic heterocycles. The number of benzene rings is 1. The molecule has 1 heterocycles.